The first-order valence-corrected chi connectivity index (χ1v) is 6.19. The molecule has 0 bridgehead atoms. The maximum atomic E-state index is 11.5. The van der Waals surface area contributed by atoms with Gasteiger partial charge in [-0.2, -0.15) is 0 Å². The van der Waals surface area contributed by atoms with E-state index in [1.807, 2.05) is 26.0 Å². The van der Waals surface area contributed by atoms with Crippen LogP contribution < -0.4 is 15.8 Å². The van der Waals surface area contributed by atoms with Crippen LogP contribution in [0, 0.1) is 12.8 Å². The number of hydrogen-bond acceptors (Lipinski definition) is 3. The second kappa shape index (κ2) is 7.01. The molecule has 0 aromatic heterocycles. The molecule has 100 valence electrons. The largest absolute Gasteiger partial charge is 0.496 e. The van der Waals surface area contributed by atoms with Crippen LogP contribution in [0.25, 0.3) is 0 Å². The zero-order valence-corrected chi connectivity index (χ0v) is 11.3. The minimum absolute atomic E-state index is 0.0164. The molecule has 0 radical (unpaired) electrons. The van der Waals surface area contributed by atoms with Gasteiger partial charge >= 0.3 is 0 Å². The Morgan fingerprint density at radius 3 is 2.78 bits per heavy atom. The second-order valence-corrected chi connectivity index (χ2v) is 4.48. The number of nitrogens with one attached hydrogen (secondary N) is 1. The number of nitrogens with two attached hydrogens (primary N) is 1. The molecule has 0 aliphatic carbocycles. The van der Waals surface area contributed by atoms with Crippen LogP contribution in [0.1, 0.15) is 18.1 Å². The third-order valence-corrected chi connectivity index (χ3v) is 2.97. The van der Waals surface area contributed by atoms with Crippen LogP contribution >= 0.6 is 0 Å². The molecule has 4 nitrogen and oxygen atoms in total. The Kier molecular flexibility index (Phi) is 5.65. The third-order valence-electron chi connectivity index (χ3n) is 2.97. The Morgan fingerprint density at radius 1 is 1.50 bits per heavy atom. The average Bonchev–Trinajstić information content (AvgIpc) is 2.37. The van der Waals surface area contributed by atoms with Gasteiger partial charge in [0.05, 0.1) is 7.11 Å². The van der Waals surface area contributed by atoms with Crippen LogP contribution in [-0.2, 0) is 11.2 Å². The third kappa shape index (κ3) is 4.04. The quantitative estimate of drug-likeness (QED) is 0.799. The molecule has 0 spiro atoms. The normalized spacial score (nSPS) is 12.0. The zero-order valence-electron chi connectivity index (χ0n) is 11.3. The van der Waals surface area contributed by atoms with Gasteiger partial charge in [-0.15, -0.1) is 0 Å². The molecule has 0 aliphatic rings. The van der Waals surface area contributed by atoms with Crippen molar-refractivity contribution in [2.24, 2.45) is 11.7 Å². The molecule has 1 aromatic rings. The molecular weight excluding hydrogens is 228 g/mol. The molecule has 0 saturated carbocycles. The van der Waals surface area contributed by atoms with Gasteiger partial charge in [0, 0.05) is 19.0 Å². The van der Waals surface area contributed by atoms with Crippen molar-refractivity contribution >= 4 is 5.91 Å². The summed E-state index contributed by atoms with van der Waals surface area (Å²) in [7, 11) is 1.66. The van der Waals surface area contributed by atoms with E-state index in [1.165, 1.54) is 5.56 Å². The average molecular weight is 250 g/mol. The summed E-state index contributed by atoms with van der Waals surface area (Å²) in [5, 5.41) is 2.88. The Balaban J connectivity index is 2.45. The summed E-state index contributed by atoms with van der Waals surface area (Å²) in [5.41, 5.74) is 7.73. The summed E-state index contributed by atoms with van der Waals surface area (Å²) >= 11 is 0. The monoisotopic (exact) mass is 250 g/mol. The van der Waals surface area contributed by atoms with E-state index >= 15 is 0 Å². The van der Waals surface area contributed by atoms with Gasteiger partial charge < -0.3 is 15.8 Å². The lowest BCUT2D eigenvalue weighted by Crippen LogP contribution is -2.34. The minimum atomic E-state index is -0.123. The van der Waals surface area contributed by atoms with Crippen molar-refractivity contribution < 1.29 is 9.53 Å². The predicted octanol–water partition coefficient (Wildman–Crippen LogP) is 1.26. The van der Waals surface area contributed by atoms with E-state index in [9.17, 15) is 4.79 Å². The number of methoxy groups -OCH3 is 1. The molecule has 1 aromatic carbocycles. The van der Waals surface area contributed by atoms with E-state index in [0.29, 0.717) is 13.1 Å². The van der Waals surface area contributed by atoms with Crippen LogP contribution in [0.15, 0.2) is 18.2 Å². The molecule has 0 saturated heterocycles. The van der Waals surface area contributed by atoms with Crippen LogP contribution in [0.4, 0.5) is 0 Å². The summed E-state index contributed by atoms with van der Waals surface area (Å²) in [4.78, 5) is 11.5. The SMILES string of the molecule is COc1ccc(CCNC(=O)C(C)CN)cc1C. The number of aryl methyl sites for hydroxylation is 1. The molecule has 4 heteroatoms. The summed E-state index contributed by atoms with van der Waals surface area (Å²) in [6.07, 6.45) is 0.813. The standard InChI is InChI=1S/C14H22N2O2/c1-10-8-12(4-5-13(10)18-3)6-7-16-14(17)11(2)9-15/h4-5,8,11H,6-7,9,15H2,1-3H3,(H,16,17). The van der Waals surface area contributed by atoms with E-state index in [2.05, 4.69) is 11.4 Å². The summed E-state index contributed by atoms with van der Waals surface area (Å²) in [5.74, 6) is 0.782. The number of hydrogen-bond donors (Lipinski definition) is 2. The Labute approximate surface area is 109 Å². The molecule has 3 N–H and O–H groups in total. The zero-order chi connectivity index (χ0) is 13.5. The van der Waals surface area contributed by atoms with Gasteiger partial charge in [-0.3, -0.25) is 4.79 Å². The highest BCUT2D eigenvalue weighted by Gasteiger charge is 2.09. The van der Waals surface area contributed by atoms with Crippen molar-refractivity contribution in [1.29, 1.82) is 0 Å². The maximum absolute atomic E-state index is 11.5. The summed E-state index contributed by atoms with van der Waals surface area (Å²) < 4.78 is 5.21. The van der Waals surface area contributed by atoms with Crippen molar-refractivity contribution in [3.63, 3.8) is 0 Å². The van der Waals surface area contributed by atoms with E-state index in [0.717, 1.165) is 17.7 Å². The number of carbonyl (C=O) groups is 1. The Bertz CT molecular complexity index is 405. The van der Waals surface area contributed by atoms with Crippen LogP contribution in [-0.4, -0.2) is 26.1 Å². The van der Waals surface area contributed by atoms with Crippen LogP contribution in [0.2, 0.25) is 0 Å². The smallest absolute Gasteiger partial charge is 0.224 e. The molecular formula is C14H22N2O2. The Hall–Kier alpha value is -1.55. The van der Waals surface area contributed by atoms with Gasteiger partial charge in [0.15, 0.2) is 0 Å². The highest BCUT2D eigenvalue weighted by Crippen LogP contribution is 2.18. The molecule has 1 rings (SSSR count). The van der Waals surface area contributed by atoms with Gasteiger partial charge in [0.25, 0.3) is 0 Å². The fourth-order valence-corrected chi connectivity index (χ4v) is 1.71. The van der Waals surface area contributed by atoms with Crippen molar-refractivity contribution in [2.75, 3.05) is 20.2 Å². The van der Waals surface area contributed by atoms with Gasteiger partial charge in [0.1, 0.15) is 5.75 Å². The van der Waals surface area contributed by atoms with Crippen LogP contribution in [0.3, 0.4) is 0 Å². The number of amides is 1. The van der Waals surface area contributed by atoms with E-state index in [4.69, 9.17) is 10.5 Å². The van der Waals surface area contributed by atoms with Gasteiger partial charge in [-0.1, -0.05) is 19.1 Å². The molecule has 1 atom stereocenters. The molecule has 1 amide bonds. The molecule has 0 fully saturated rings. The number of rotatable bonds is 6. The lowest BCUT2D eigenvalue weighted by molar-refractivity contribution is -0.124. The minimum Gasteiger partial charge on any atom is -0.496 e. The predicted molar refractivity (Wildman–Crippen MR) is 72.7 cm³/mol. The topological polar surface area (TPSA) is 64.3 Å². The van der Waals surface area contributed by atoms with Crippen molar-refractivity contribution in [1.82, 2.24) is 5.32 Å². The van der Waals surface area contributed by atoms with E-state index in [1.54, 1.807) is 7.11 Å². The first kappa shape index (κ1) is 14.5. The lowest BCUT2D eigenvalue weighted by atomic mass is 10.1. The fraction of sp³-hybridized carbons (Fsp3) is 0.500. The summed E-state index contributed by atoms with van der Waals surface area (Å²) in [6.45, 7) is 4.85. The summed E-state index contributed by atoms with van der Waals surface area (Å²) in [6, 6.07) is 6.05. The number of carbonyl (C=O) groups excluding carboxylic acids is 1. The number of ether oxygens (including phenoxy) is 1. The van der Waals surface area contributed by atoms with Gasteiger partial charge in [-0.05, 0) is 30.5 Å². The molecule has 1 unspecified atom stereocenters. The van der Waals surface area contributed by atoms with Gasteiger partial charge in [-0.25, -0.2) is 0 Å². The fourth-order valence-electron chi connectivity index (χ4n) is 1.71. The Morgan fingerprint density at radius 2 is 2.22 bits per heavy atom. The van der Waals surface area contributed by atoms with Crippen molar-refractivity contribution in [2.45, 2.75) is 20.3 Å². The molecule has 0 aliphatic heterocycles. The lowest BCUT2D eigenvalue weighted by Gasteiger charge is -2.11. The van der Waals surface area contributed by atoms with E-state index in [-0.39, 0.29) is 11.8 Å². The molecule has 0 heterocycles. The highest BCUT2D eigenvalue weighted by molar-refractivity contribution is 5.78. The maximum Gasteiger partial charge on any atom is 0.224 e. The second-order valence-electron chi connectivity index (χ2n) is 4.48. The highest BCUT2D eigenvalue weighted by atomic mass is 16.5. The first-order chi connectivity index (χ1) is 8.58. The first-order valence-electron chi connectivity index (χ1n) is 6.19. The van der Waals surface area contributed by atoms with Crippen molar-refractivity contribution in [3.8, 4) is 5.75 Å². The van der Waals surface area contributed by atoms with Crippen LogP contribution in [0.5, 0.6) is 5.75 Å². The van der Waals surface area contributed by atoms with Gasteiger partial charge in [0.2, 0.25) is 5.91 Å². The van der Waals surface area contributed by atoms with E-state index < -0.39 is 0 Å². The molecule has 18 heavy (non-hydrogen) atoms. The van der Waals surface area contributed by atoms with Crippen molar-refractivity contribution in [3.05, 3.63) is 29.3 Å². The number of benzene rings is 1.